The third-order valence-electron chi connectivity index (χ3n) is 4.20. The van der Waals surface area contributed by atoms with E-state index in [-0.39, 0.29) is 18.4 Å². The van der Waals surface area contributed by atoms with Gasteiger partial charge in [0.25, 0.3) is 5.91 Å². The van der Waals surface area contributed by atoms with Crippen molar-refractivity contribution >= 4 is 35.0 Å². The van der Waals surface area contributed by atoms with Gasteiger partial charge in [0, 0.05) is 23.9 Å². The number of rotatable bonds is 4. The van der Waals surface area contributed by atoms with E-state index < -0.39 is 11.9 Å². The van der Waals surface area contributed by atoms with E-state index in [1.165, 1.54) is 11.3 Å². The molecule has 6 heteroatoms. The molecule has 2 atom stereocenters. The molecule has 2 heterocycles. The second kappa shape index (κ2) is 6.76. The number of carbonyl (C=O) groups is 2. The Balaban J connectivity index is 1.86. The van der Waals surface area contributed by atoms with Crippen molar-refractivity contribution in [1.82, 2.24) is 4.90 Å². The molecule has 3 rings (SSSR count). The van der Waals surface area contributed by atoms with Crippen LogP contribution in [0.25, 0.3) is 0 Å². The van der Waals surface area contributed by atoms with Gasteiger partial charge in [-0.15, -0.1) is 23.1 Å². The van der Waals surface area contributed by atoms with Gasteiger partial charge in [-0.25, -0.2) is 0 Å². The van der Waals surface area contributed by atoms with Crippen molar-refractivity contribution in [3.63, 3.8) is 0 Å². The van der Waals surface area contributed by atoms with Crippen LogP contribution in [0.3, 0.4) is 0 Å². The minimum atomic E-state index is -0.842. The summed E-state index contributed by atoms with van der Waals surface area (Å²) in [6.45, 7) is 0.713. The number of nitrogens with zero attached hydrogens (tertiary/aromatic N) is 1. The molecule has 1 N–H and O–H groups in total. The number of carboxylic acid groups (broad SMARTS) is 1. The maximum Gasteiger partial charge on any atom is 0.308 e. The zero-order valence-corrected chi connectivity index (χ0v) is 14.3. The molecule has 0 radical (unpaired) electrons. The molecule has 1 aliphatic rings. The Labute approximate surface area is 143 Å². The van der Waals surface area contributed by atoms with E-state index in [2.05, 4.69) is 0 Å². The quantitative estimate of drug-likeness (QED) is 0.861. The summed E-state index contributed by atoms with van der Waals surface area (Å²) in [7, 11) is 0. The van der Waals surface area contributed by atoms with Gasteiger partial charge in [-0.3, -0.25) is 9.59 Å². The number of likely N-dealkylation sites (tertiary alicyclic amines) is 1. The third-order valence-corrected chi connectivity index (χ3v) is 6.01. The Hall–Kier alpha value is -1.79. The van der Waals surface area contributed by atoms with E-state index in [4.69, 9.17) is 0 Å². The van der Waals surface area contributed by atoms with Gasteiger partial charge < -0.3 is 10.0 Å². The van der Waals surface area contributed by atoms with Crippen molar-refractivity contribution in [3.8, 4) is 0 Å². The van der Waals surface area contributed by atoms with Crippen molar-refractivity contribution in [2.75, 3.05) is 19.3 Å². The lowest BCUT2D eigenvalue weighted by Gasteiger charge is -2.16. The molecule has 1 aromatic carbocycles. The van der Waals surface area contributed by atoms with Crippen molar-refractivity contribution in [3.05, 3.63) is 52.2 Å². The van der Waals surface area contributed by atoms with Gasteiger partial charge in [-0.2, -0.15) is 0 Å². The Morgan fingerprint density at radius 1 is 1.22 bits per heavy atom. The predicted octanol–water partition coefficient (Wildman–Crippen LogP) is 3.41. The second-order valence-corrected chi connectivity index (χ2v) is 7.25. The number of thioether (sulfide) groups is 1. The minimum Gasteiger partial charge on any atom is -0.481 e. The monoisotopic (exact) mass is 347 g/mol. The van der Waals surface area contributed by atoms with Crippen LogP contribution in [0, 0.1) is 5.92 Å². The Morgan fingerprint density at radius 3 is 2.61 bits per heavy atom. The molecule has 120 valence electrons. The SMILES string of the molecule is CSc1ccsc1C(=O)N1CC(C(=O)O)C(c2ccccc2)C1. The summed E-state index contributed by atoms with van der Waals surface area (Å²) in [6.07, 6.45) is 1.94. The number of amides is 1. The average molecular weight is 347 g/mol. The molecule has 23 heavy (non-hydrogen) atoms. The smallest absolute Gasteiger partial charge is 0.308 e. The lowest BCUT2D eigenvalue weighted by molar-refractivity contribution is -0.141. The highest BCUT2D eigenvalue weighted by atomic mass is 32.2. The molecule has 2 unspecified atom stereocenters. The van der Waals surface area contributed by atoms with E-state index in [1.54, 1.807) is 16.7 Å². The number of aliphatic carboxylic acids is 1. The highest BCUT2D eigenvalue weighted by molar-refractivity contribution is 7.98. The first-order valence-electron chi connectivity index (χ1n) is 7.30. The number of thiophene rings is 1. The number of hydrogen-bond donors (Lipinski definition) is 1. The first-order valence-corrected chi connectivity index (χ1v) is 9.40. The summed E-state index contributed by atoms with van der Waals surface area (Å²) in [5.74, 6) is -1.62. The van der Waals surface area contributed by atoms with Gasteiger partial charge in [0.15, 0.2) is 0 Å². The summed E-state index contributed by atoms with van der Waals surface area (Å²) >= 11 is 2.96. The predicted molar refractivity (Wildman–Crippen MR) is 92.3 cm³/mol. The average Bonchev–Trinajstić information content (AvgIpc) is 3.22. The molecule has 1 aromatic heterocycles. The number of benzene rings is 1. The minimum absolute atomic E-state index is 0.0611. The van der Waals surface area contributed by atoms with Crippen molar-refractivity contribution in [1.29, 1.82) is 0 Å². The summed E-state index contributed by atoms with van der Waals surface area (Å²) in [4.78, 5) is 27.7. The van der Waals surface area contributed by atoms with Gasteiger partial charge in [0.05, 0.1) is 5.92 Å². The molecular formula is C17H17NO3S2. The van der Waals surface area contributed by atoms with Gasteiger partial charge in [0.1, 0.15) is 4.88 Å². The molecule has 1 amide bonds. The topological polar surface area (TPSA) is 57.6 Å². The van der Waals surface area contributed by atoms with Gasteiger partial charge in [-0.1, -0.05) is 30.3 Å². The Bertz CT molecular complexity index is 714. The van der Waals surface area contributed by atoms with E-state index in [0.717, 1.165) is 10.5 Å². The molecule has 1 fully saturated rings. The number of carbonyl (C=O) groups excluding carboxylic acids is 1. The molecule has 0 aliphatic carbocycles. The first kappa shape index (κ1) is 16.1. The lowest BCUT2D eigenvalue weighted by Crippen LogP contribution is -2.29. The molecule has 2 aromatic rings. The van der Waals surface area contributed by atoms with Crippen LogP contribution in [-0.2, 0) is 4.79 Å². The molecule has 1 aliphatic heterocycles. The fourth-order valence-corrected chi connectivity index (χ4v) is 4.73. The van der Waals surface area contributed by atoms with Crippen LogP contribution in [0.2, 0.25) is 0 Å². The lowest BCUT2D eigenvalue weighted by atomic mass is 9.89. The molecule has 1 saturated heterocycles. The van der Waals surface area contributed by atoms with Gasteiger partial charge >= 0.3 is 5.97 Å². The molecule has 4 nitrogen and oxygen atoms in total. The highest BCUT2D eigenvalue weighted by Crippen LogP contribution is 2.35. The van der Waals surface area contributed by atoms with Crippen molar-refractivity contribution in [2.24, 2.45) is 5.92 Å². The maximum atomic E-state index is 12.8. The van der Waals surface area contributed by atoms with E-state index in [0.29, 0.717) is 11.4 Å². The Kier molecular flexibility index (Phi) is 4.73. The standard InChI is InChI=1S/C17H17NO3S2/c1-22-14-7-8-23-15(14)16(19)18-9-12(13(10-18)17(20)21)11-5-3-2-4-6-11/h2-8,12-13H,9-10H2,1H3,(H,20,21). The van der Waals surface area contributed by atoms with E-state index in [9.17, 15) is 14.7 Å². The Morgan fingerprint density at radius 2 is 1.96 bits per heavy atom. The van der Waals surface area contributed by atoms with Crippen LogP contribution in [-0.4, -0.2) is 41.2 Å². The zero-order chi connectivity index (χ0) is 16.4. The molecular weight excluding hydrogens is 330 g/mol. The van der Waals surface area contributed by atoms with E-state index >= 15 is 0 Å². The molecule has 0 bridgehead atoms. The van der Waals surface area contributed by atoms with Crippen molar-refractivity contribution in [2.45, 2.75) is 10.8 Å². The molecule has 0 saturated carbocycles. The van der Waals surface area contributed by atoms with E-state index in [1.807, 2.05) is 48.0 Å². The first-order chi connectivity index (χ1) is 11.1. The van der Waals surface area contributed by atoms with Crippen LogP contribution >= 0.6 is 23.1 Å². The van der Waals surface area contributed by atoms with Crippen LogP contribution < -0.4 is 0 Å². The fourth-order valence-electron chi connectivity index (χ4n) is 3.02. The largest absolute Gasteiger partial charge is 0.481 e. The maximum absolute atomic E-state index is 12.8. The van der Waals surface area contributed by atoms with Crippen LogP contribution in [0.5, 0.6) is 0 Å². The zero-order valence-electron chi connectivity index (χ0n) is 12.6. The van der Waals surface area contributed by atoms with Crippen LogP contribution in [0.1, 0.15) is 21.2 Å². The summed E-state index contributed by atoms with van der Waals surface area (Å²) in [5, 5.41) is 11.4. The van der Waals surface area contributed by atoms with Gasteiger partial charge in [-0.05, 0) is 23.3 Å². The fraction of sp³-hybridized carbons (Fsp3) is 0.294. The van der Waals surface area contributed by atoms with Crippen molar-refractivity contribution < 1.29 is 14.7 Å². The summed E-state index contributed by atoms with van der Waals surface area (Å²) in [5.41, 5.74) is 0.978. The number of hydrogen-bond acceptors (Lipinski definition) is 4. The second-order valence-electron chi connectivity index (χ2n) is 5.49. The third kappa shape index (κ3) is 3.14. The van der Waals surface area contributed by atoms with Crippen LogP contribution in [0.4, 0.5) is 0 Å². The van der Waals surface area contributed by atoms with Crippen LogP contribution in [0.15, 0.2) is 46.7 Å². The normalized spacial score (nSPS) is 20.7. The molecule has 0 spiro atoms. The summed E-state index contributed by atoms with van der Waals surface area (Å²) < 4.78 is 0. The summed E-state index contributed by atoms with van der Waals surface area (Å²) in [6, 6.07) is 11.5. The number of carboxylic acids is 1. The highest BCUT2D eigenvalue weighted by Gasteiger charge is 2.41. The van der Waals surface area contributed by atoms with Gasteiger partial charge in [0.2, 0.25) is 0 Å².